The molecule has 0 saturated heterocycles. The molecule has 0 saturated carbocycles. The van der Waals surface area contributed by atoms with Gasteiger partial charge in [-0.25, -0.2) is 4.79 Å². The first kappa shape index (κ1) is 46.8. The summed E-state index contributed by atoms with van der Waals surface area (Å²) in [6, 6.07) is -0.859. The summed E-state index contributed by atoms with van der Waals surface area (Å²) in [5.41, 5.74) is -1.07. The zero-order valence-electron chi connectivity index (χ0n) is 32.5. The molecule has 0 aromatic carbocycles. The predicted molar refractivity (Wildman–Crippen MR) is 196 cm³/mol. The third kappa shape index (κ3) is 34.0. The molecule has 49 heavy (non-hydrogen) atoms. The number of unbranched alkanes of at least 4 members (excludes halogenated alkanes) is 15. The summed E-state index contributed by atoms with van der Waals surface area (Å²) in [7, 11) is 0. The molecule has 0 aliphatic heterocycles. The molecule has 0 spiro atoms. The molecule has 0 rings (SSSR count). The zero-order valence-corrected chi connectivity index (χ0v) is 32.5. The highest BCUT2D eigenvalue weighted by Crippen LogP contribution is 2.16. The third-order valence-electron chi connectivity index (χ3n) is 7.79. The monoisotopic (exact) mass is 699 g/mol. The Morgan fingerprint density at radius 2 is 0.980 bits per heavy atom. The topological polar surface area (TPSA) is 129 Å². The third-order valence-corrected chi connectivity index (χ3v) is 7.79. The van der Waals surface area contributed by atoms with Crippen molar-refractivity contribution in [2.75, 3.05) is 33.0 Å². The summed E-state index contributed by atoms with van der Waals surface area (Å²) in [6.45, 7) is 15.4. The molecular formula is C39H74N2O8. The largest absolute Gasteiger partial charge is 0.460 e. The maximum absolute atomic E-state index is 12.8. The van der Waals surface area contributed by atoms with Crippen molar-refractivity contribution in [2.24, 2.45) is 0 Å². The Morgan fingerprint density at radius 1 is 0.531 bits per heavy atom. The molecular weight excluding hydrogens is 624 g/mol. The van der Waals surface area contributed by atoms with Crippen LogP contribution in [0.1, 0.15) is 177 Å². The molecule has 288 valence electrons. The van der Waals surface area contributed by atoms with Crippen LogP contribution in [0.2, 0.25) is 0 Å². The van der Waals surface area contributed by atoms with Crippen molar-refractivity contribution in [3.05, 3.63) is 0 Å². The summed E-state index contributed by atoms with van der Waals surface area (Å²) in [4.78, 5) is 49.4. The molecule has 0 aliphatic rings. The van der Waals surface area contributed by atoms with Crippen LogP contribution >= 0.6 is 0 Å². The highest BCUT2D eigenvalue weighted by molar-refractivity contribution is 5.85. The fourth-order valence-electron chi connectivity index (χ4n) is 5.30. The molecule has 0 aromatic rings. The Balaban J connectivity index is 3.90. The molecule has 10 nitrogen and oxygen atoms in total. The van der Waals surface area contributed by atoms with E-state index in [-0.39, 0.29) is 36.2 Å². The first-order valence-corrected chi connectivity index (χ1v) is 19.4. The summed E-state index contributed by atoms with van der Waals surface area (Å²) in [5, 5.41) is 5.59. The summed E-state index contributed by atoms with van der Waals surface area (Å²) in [6.07, 6.45) is 20.0. The first-order chi connectivity index (χ1) is 23.2. The van der Waals surface area contributed by atoms with Gasteiger partial charge < -0.3 is 29.6 Å². The molecule has 10 heteroatoms. The van der Waals surface area contributed by atoms with Gasteiger partial charge in [-0.2, -0.15) is 0 Å². The van der Waals surface area contributed by atoms with Crippen LogP contribution in [0.25, 0.3) is 0 Å². The number of carbonyl (C=O) groups is 4. The predicted octanol–water partition coefficient (Wildman–Crippen LogP) is 8.13. The molecule has 1 atom stereocenters. The van der Waals surface area contributed by atoms with Crippen LogP contribution in [0.4, 0.5) is 0 Å². The summed E-state index contributed by atoms with van der Waals surface area (Å²) < 4.78 is 21.5. The van der Waals surface area contributed by atoms with Gasteiger partial charge in [-0.3, -0.25) is 14.4 Å². The Hall–Kier alpha value is -2.20. The highest BCUT2D eigenvalue weighted by Gasteiger charge is 2.27. The molecule has 2 N–H and O–H groups in total. The molecule has 0 aromatic heterocycles. The SMILES string of the molecule is CCOCCOCCNC(=O)CCC(NC(=O)CCCCCCCCCCCCCCCCCCC(=O)OC(C)(C)C)C(=O)OC(C)(C)C. The van der Waals surface area contributed by atoms with E-state index in [1.165, 1.54) is 70.6 Å². The van der Waals surface area contributed by atoms with Crippen LogP contribution in [0, 0.1) is 0 Å². The van der Waals surface area contributed by atoms with Crippen LogP contribution in [-0.2, 0) is 38.1 Å². The van der Waals surface area contributed by atoms with E-state index in [9.17, 15) is 19.2 Å². The van der Waals surface area contributed by atoms with Crippen molar-refractivity contribution in [3.8, 4) is 0 Å². The van der Waals surface area contributed by atoms with E-state index in [1.807, 2.05) is 27.7 Å². The minimum Gasteiger partial charge on any atom is -0.460 e. The van der Waals surface area contributed by atoms with Crippen molar-refractivity contribution in [1.29, 1.82) is 0 Å². The van der Waals surface area contributed by atoms with Crippen LogP contribution in [-0.4, -0.2) is 74.0 Å². The van der Waals surface area contributed by atoms with Gasteiger partial charge in [-0.1, -0.05) is 89.9 Å². The van der Waals surface area contributed by atoms with Gasteiger partial charge in [0.15, 0.2) is 0 Å². The van der Waals surface area contributed by atoms with Crippen molar-refractivity contribution in [1.82, 2.24) is 10.6 Å². The van der Waals surface area contributed by atoms with E-state index in [0.717, 1.165) is 32.1 Å². The molecule has 0 bridgehead atoms. The lowest BCUT2D eigenvalue weighted by Crippen LogP contribution is -2.44. The average Bonchev–Trinajstić information content (AvgIpc) is 3.00. The lowest BCUT2D eigenvalue weighted by Gasteiger charge is -2.24. The highest BCUT2D eigenvalue weighted by atomic mass is 16.6. The van der Waals surface area contributed by atoms with Crippen molar-refractivity contribution in [2.45, 2.75) is 194 Å². The van der Waals surface area contributed by atoms with Gasteiger partial charge in [-0.15, -0.1) is 0 Å². The van der Waals surface area contributed by atoms with Gasteiger partial charge in [0.1, 0.15) is 17.2 Å². The van der Waals surface area contributed by atoms with E-state index in [0.29, 0.717) is 45.8 Å². The van der Waals surface area contributed by atoms with Crippen LogP contribution in [0.15, 0.2) is 0 Å². The minimum absolute atomic E-state index is 0.0806. The van der Waals surface area contributed by atoms with Crippen molar-refractivity contribution in [3.63, 3.8) is 0 Å². The van der Waals surface area contributed by atoms with Crippen LogP contribution < -0.4 is 10.6 Å². The molecule has 0 fully saturated rings. The number of carbonyl (C=O) groups excluding carboxylic acids is 4. The number of ether oxygens (including phenoxy) is 4. The number of rotatable bonds is 31. The molecule has 0 aliphatic carbocycles. The molecule has 0 radical (unpaired) electrons. The fraction of sp³-hybridized carbons (Fsp3) is 0.897. The Labute approximate surface area is 299 Å². The Bertz CT molecular complexity index is 866. The summed E-state index contributed by atoms with van der Waals surface area (Å²) in [5.74, 6) is -0.982. The zero-order chi connectivity index (χ0) is 36.8. The summed E-state index contributed by atoms with van der Waals surface area (Å²) >= 11 is 0. The number of nitrogens with one attached hydrogen (secondary N) is 2. The van der Waals surface area contributed by atoms with Crippen molar-refractivity contribution >= 4 is 23.8 Å². The first-order valence-electron chi connectivity index (χ1n) is 19.4. The number of hydrogen-bond acceptors (Lipinski definition) is 8. The second-order valence-electron chi connectivity index (χ2n) is 15.1. The average molecular weight is 699 g/mol. The Morgan fingerprint density at radius 3 is 1.45 bits per heavy atom. The minimum atomic E-state index is -0.859. The van der Waals surface area contributed by atoms with Crippen LogP contribution in [0.3, 0.4) is 0 Å². The quantitative estimate of drug-likeness (QED) is 0.0549. The van der Waals surface area contributed by atoms with E-state index in [2.05, 4.69) is 10.6 Å². The van der Waals surface area contributed by atoms with Gasteiger partial charge >= 0.3 is 11.9 Å². The fourth-order valence-corrected chi connectivity index (χ4v) is 5.30. The van der Waals surface area contributed by atoms with E-state index in [4.69, 9.17) is 18.9 Å². The van der Waals surface area contributed by atoms with Gasteiger partial charge in [0.2, 0.25) is 11.8 Å². The van der Waals surface area contributed by atoms with Gasteiger partial charge in [0.25, 0.3) is 0 Å². The lowest BCUT2D eigenvalue weighted by atomic mass is 10.0. The molecule has 0 heterocycles. The van der Waals surface area contributed by atoms with E-state index >= 15 is 0 Å². The van der Waals surface area contributed by atoms with E-state index < -0.39 is 17.6 Å². The lowest BCUT2D eigenvalue weighted by molar-refractivity contribution is -0.159. The molecule has 2 amide bonds. The van der Waals surface area contributed by atoms with Gasteiger partial charge in [-0.05, 0) is 67.7 Å². The van der Waals surface area contributed by atoms with E-state index in [1.54, 1.807) is 20.8 Å². The normalized spacial score (nSPS) is 12.4. The van der Waals surface area contributed by atoms with Crippen molar-refractivity contribution < 1.29 is 38.1 Å². The van der Waals surface area contributed by atoms with Gasteiger partial charge in [0, 0.05) is 32.4 Å². The Kier molecular flexibility index (Phi) is 28.2. The second-order valence-corrected chi connectivity index (χ2v) is 15.1. The number of hydrogen-bond donors (Lipinski definition) is 2. The number of esters is 2. The standard InChI is InChI=1S/C39H74N2O8/c1-8-46-31-32-47-30-29-40-34(42)28-27-33(37(45)49-39(5,6)7)41-35(43)25-23-21-19-17-15-13-11-9-10-12-14-16-18-20-22-24-26-36(44)48-38(2,3)4/h33H,8-32H2,1-7H3,(H,40,42)(H,41,43). The maximum Gasteiger partial charge on any atom is 0.329 e. The number of amides is 2. The van der Waals surface area contributed by atoms with Crippen LogP contribution in [0.5, 0.6) is 0 Å². The maximum atomic E-state index is 12.8. The molecule has 1 unspecified atom stereocenters. The second kappa shape index (κ2) is 29.5. The van der Waals surface area contributed by atoms with Gasteiger partial charge in [0.05, 0.1) is 19.8 Å². The smallest absolute Gasteiger partial charge is 0.329 e.